The fraction of sp³-hybridized carbons (Fsp3) is 0.538. The van der Waals surface area contributed by atoms with Gasteiger partial charge in [-0.1, -0.05) is 0 Å². The van der Waals surface area contributed by atoms with Gasteiger partial charge in [0.1, 0.15) is 0 Å². The maximum Gasteiger partial charge on any atom is 0.231 e. The highest BCUT2D eigenvalue weighted by Crippen LogP contribution is 2.39. The Hall–Kier alpha value is -0.780. The van der Waals surface area contributed by atoms with Crippen molar-refractivity contribution in [1.29, 1.82) is 0 Å². The van der Waals surface area contributed by atoms with E-state index in [9.17, 15) is 0 Å². The normalized spacial score (nSPS) is 25.7. The first-order chi connectivity index (χ1) is 8.74. The molecule has 2 heterocycles. The average Bonchev–Trinajstić information content (AvgIpc) is 2.95. The van der Waals surface area contributed by atoms with Gasteiger partial charge >= 0.3 is 0 Å². The molecular weight excluding hydrogens is 298 g/mol. The molecule has 0 aliphatic carbocycles. The molecule has 0 saturated carbocycles. The number of fused-ring (bicyclic) bond motifs is 1. The molecule has 0 spiro atoms. The van der Waals surface area contributed by atoms with Gasteiger partial charge in [-0.3, -0.25) is 0 Å². The molecule has 1 fully saturated rings. The van der Waals surface area contributed by atoms with Crippen LogP contribution in [0.4, 0.5) is 0 Å². The number of rotatable bonds is 3. The van der Waals surface area contributed by atoms with Crippen molar-refractivity contribution in [2.75, 3.05) is 13.4 Å². The van der Waals surface area contributed by atoms with Crippen LogP contribution in [0.3, 0.4) is 0 Å². The summed E-state index contributed by atoms with van der Waals surface area (Å²) in [7, 11) is 0. The van der Waals surface area contributed by atoms with Crippen LogP contribution >= 0.6 is 15.9 Å². The van der Waals surface area contributed by atoms with E-state index in [1.165, 1.54) is 5.56 Å². The molecule has 0 aromatic heterocycles. The molecule has 0 amide bonds. The minimum Gasteiger partial charge on any atom is -0.454 e. The lowest BCUT2D eigenvalue weighted by atomic mass is 10.1. The summed E-state index contributed by atoms with van der Waals surface area (Å²) in [5, 5.41) is 3.52. The van der Waals surface area contributed by atoms with Crippen molar-refractivity contribution >= 4 is 15.9 Å². The lowest BCUT2D eigenvalue weighted by Crippen LogP contribution is -2.34. The Kier molecular flexibility index (Phi) is 3.46. The molecule has 2 unspecified atom stereocenters. The zero-order chi connectivity index (χ0) is 12.5. The van der Waals surface area contributed by atoms with Crippen LogP contribution in [0.5, 0.6) is 11.5 Å². The van der Waals surface area contributed by atoms with E-state index in [1.54, 1.807) is 0 Å². The number of hydrogen-bond donors (Lipinski definition) is 1. The second-order valence-corrected chi connectivity index (χ2v) is 5.52. The number of nitrogens with one attached hydrogen (secondary N) is 1. The molecule has 2 atom stereocenters. The molecule has 0 bridgehead atoms. The monoisotopic (exact) mass is 313 g/mol. The molecule has 98 valence electrons. The fourth-order valence-corrected chi connectivity index (χ4v) is 2.98. The van der Waals surface area contributed by atoms with Gasteiger partial charge in [0.2, 0.25) is 6.79 Å². The van der Waals surface area contributed by atoms with E-state index in [0.717, 1.165) is 35.5 Å². The van der Waals surface area contributed by atoms with Gasteiger partial charge < -0.3 is 19.5 Å². The molecule has 3 rings (SSSR count). The van der Waals surface area contributed by atoms with E-state index in [1.807, 2.05) is 6.07 Å². The van der Waals surface area contributed by atoms with Crippen LogP contribution < -0.4 is 14.8 Å². The zero-order valence-electron chi connectivity index (χ0n) is 10.2. The number of ether oxygens (including phenoxy) is 3. The molecule has 4 nitrogen and oxygen atoms in total. The molecule has 1 aromatic carbocycles. The van der Waals surface area contributed by atoms with Gasteiger partial charge in [-0.25, -0.2) is 0 Å². The summed E-state index contributed by atoms with van der Waals surface area (Å²) in [4.78, 5) is 0. The van der Waals surface area contributed by atoms with Crippen LogP contribution in [0, 0.1) is 0 Å². The van der Waals surface area contributed by atoms with Gasteiger partial charge in [0.25, 0.3) is 0 Å². The first kappa shape index (κ1) is 12.3. The summed E-state index contributed by atoms with van der Waals surface area (Å²) < 4.78 is 17.3. The first-order valence-electron chi connectivity index (χ1n) is 6.17. The second-order valence-electron chi connectivity index (χ2n) is 4.66. The predicted octanol–water partition coefficient (Wildman–Crippen LogP) is 2.44. The van der Waals surface area contributed by atoms with Crippen LogP contribution in [0.25, 0.3) is 0 Å². The predicted molar refractivity (Wildman–Crippen MR) is 70.9 cm³/mol. The van der Waals surface area contributed by atoms with E-state index in [0.29, 0.717) is 18.9 Å². The smallest absolute Gasteiger partial charge is 0.231 e. The van der Waals surface area contributed by atoms with Gasteiger partial charge in [0.05, 0.1) is 10.6 Å². The highest BCUT2D eigenvalue weighted by molar-refractivity contribution is 9.10. The third kappa shape index (κ3) is 2.35. The largest absolute Gasteiger partial charge is 0.454 e. The molecule has 2 aliphatic heterocycles. The van der Waals surface area contributed by atoms with Gasteiger partial charge in [0.15, 0.2) is 11.5 Å². The Bertz CT molecular complexity index is 452. The summed E-state index contributed by atoms with van der Waals surface area (Å²) in [6.45, 7) is 4.08. The third-order valence-corrected chi connectivity index (χ3v) is 4.02. The summed E-state index contributed by atoms with van der Waals surface area (Å²) in [6.07, 6.45) is 1.37. The molecule has 5 heteroatoms. The van der Waals surface area contributed by atoms with Gasteiger partial charge in [-0.15, -0.1) is 0 Å². The van der Waals surface area contributed by atoms with Crippen molar-refractivity contribution in [3.63, 3.8) is 0 Å². The zero-order valence-corrected chi connectivity index (χ0v) is 11.8. The van der Waals surface area contributed by atoms with E-state index >= 15 is 0 Å². The van der Waals surface area contributed by atoms with Crippen molar-refractivity contribution < 1.29 is 14.2 Å². The topological polar surface area (TPSA) is 39.7 Å². The standard InChI is InChI=1S/C13H16BrNO3/c1-8-11(2-3-16-8)15-6-9-4-10(14)13-12(5-9)17-7-18-13/h4-5,8,11,15H,2-3,6-7H2,1H3. The summed E-state index contributed by atoms with van der Waals surface area (Å²) in [5.74, 6) is 1.62. The maximum absolute atomic E-state index is 5.54. The number of halogens is 1. The Balaban J connectivity index is 1.68. The van der Waals surface area contributed by atoms with Gasteiger partial charge in [-0.2, -0.15) is 0 Å². The lowest BCUT2D eigenvalue weighted by molar-refractivity contribution is 0.113. The number of benzene rings is 1. The summed E-state index contributed by atoms with van der Waals surface area (Å²) in [5.41, 5.74) is 1.19. The van der Waals surface area contributed by atoms with Crippen molar-refractivity contribution in [1.82, 2.24) is 5.32 Å². The first-order valence-corrected chi connectivity index (χ1v) is 6.96. The quantitative estimate of drug-likeness (QED) is 0.930. The van der Waals surface area contributed by atoms with Crippen LogP contribution in [-0.4, -0.2) is 25.5 Å². The molecule has 0 radical (unpaired) electrons. The molecule has 1 aromatic rings. The minimum absolute atomic E-state index is 0.294. The van der Waals surface area contributed by atoms with Crippen molar-refractivity contribution in [2.24, 2.45) is 0 Å². The van der Waals surface area contributed by atoms with E-state index < -0.39 is 0 Å². The second kappa shape index (κ2) is 5.07. The van der Waals surface area contributed by atoms with Crippen LogP contribution in [0.2, 0.25) is 0 Å². The minimum atomic E-state index is 0.294. The van der Waals surface area contributed by atoms with Gasteiger partial charge in [0, 0.05) is 19.2 Å². The Morgan fingerprint density at radius 1 is 1.39 bits per heavy atom. The van der Waals surface area contributed by atoms with E-state index in [-0.39, 0.29) is 0 Å². The number of hydrogen-bond acceptors (Lipinski definition) is 4. The van der Waals surface area contributed by atoms with E-state index in [2.05, 4.69) is 34.2 Å². The van der Waals surface area contributed by atoms with Crippen LogP contribution in [-0.2, 0) is 11.3 Å². The fourth-order valence-electron chi connectivity index (χ4n) is 2.37. The molecule has 1 saturated heterocycles. The van der Waals surface area contributed by atoms with Gasteiger partial charge in [-0.05, 0) is 47.0 Å². The van der Waals surface area contributed by atoms with Crippen LogP contribution in [0.1, 0.15) is 18.9 Å². The Morgan fingerprint density at radius 3 is 3.06 bits per heavy atom. The van der Waals surface area contributed by atoms with E-state index in [4.69, 9.17) is 14.2 Å². The molecule has 2 aliphatic rings. The van der Waals surface area contributed by atoms with Crippen LogP contribution in [0.15, 0.2) is 16.6 Å². The summed E-state index contributed by atoms with van der Waals surface area (Å²) in [6, 6.07) is 4.54. The maximum atomic E-state index is 5.54. The third-order valence-electron chi connectivity index (χ3n) is 3.43. The van der Waals surface area contributed by atoms with Crippen molar-refractivity contribution in [3.05, 3.63) is 22.2 Å². The molecular formula is C13H16BrNO3. The SMILES string of the molecule is CC1OCCC1NCc1cc(Br)c2c(c1)OCO2. The highest BCUT2D eigenvalue weighted by Gasteiger charge is 2.24. The average molecular weight is 314 g/mol. The lowest BCUT2D eigenvalue weighted by Gasteiger charge is -2.16. The summed E-state index contributed by atoms with van der Waals surface area (Å²) >= 11 is 3.51. The Labute approximate surface area is 115 Å². The molecule has 18 heavy (non-hydrogen) atoms. The molecule has 1 N–H and O–H groups in total. The Morgan fingerprint density at radius 2 is 2.28 bits per heavy atom. The van der Waals surface area contributed by atoms with Crippen molar-refractivity contribution in [2.45, 2.75) is 32.0 Å². The highest BCUT2D eigenvalue weighted by atomic mass is 79.9. The van der Waals surface area contributed by atoms with Crippen molar-refractivity contribution in [3.8, 4) is 11.5 Å².